The van der Waals surface area contributed by atoms with Gasteiger partial charge in [0.05, 0.1) is 0 Å². The maximum Gasteiger partial charge on any atom is 0.358 e. The molecule has 0 radical (unpaired) electrons. The first-order valence-corrected chi connectivity index (χ1v) is 6.11. The lowest BCUT2D eigenvalue weighted by molar-refractivity contribution is 0.165. The van der Waals surface area contributed by atoms with Crippen LogP contribution in [-0.2, 0) is 13.6 Å². The van der Waals surface area contributed by atoms with Gasteiger partial charge in [-0.15, -0.1) is 0 Å². The van der Waals surface area contributed by atoms with Crippen molar-refractivity contribution >= 4 is 7.60 Å². The highest BCUT2D eigenvalue weighted by Gasteiger charge is 2.31. The Morgan fingerprint density at radius 2 is 1.85 bits per heavy atom. The molecule has 0 saturated heterocycles. The van der Waals surface area contributed by atoms with Gasteiger partial charge in [0.15, 0.2) is 5.85 Å². The minimum absolute atomic E-state index is 0.465. The number of unbranched alkanes of at least 4 members (excludes halogenated alkanes) is 2. The number of rotatable bonds is 7. The van der Waals surface area contributed by atoms with E-state index in [0.717, 1.165) is 19.3 Å². The predicted octanol–water partition coefficient (Wildman–Crippen LogP) is 2.37. The van der Waals surface area contributed by atoms with E-state index < -0.39 is 13.4 Å². The second-order valence-corrected chi connectivity index (χ2v) is 5.29. The standard InChI is InChI=1S/C8H19O4P/c1-4-5-6-7-8(9)13(10,11-2)12-3/h8-9H,4-7H2,1-3H3/t8-/m1/s1. The molecule has 0 aliphatic carbocycles. The third-order valence-electron chi connectivity index (χ3n) is 1.94. The molecule has 13 heavy (non-hydrogen) atoms. The quantitative estimate of drug-likeness (QED) is 0.517. The number of aliphatic hydroxyl groups is 1. The normalized spacial score (nSPS) is 14.5. The van der Waals surface area contributed by atoms with Gasteiger partial charge in [-0.1, -0.05) is 26.2 Å². The van der Waals surface area contributed by atoms with Crippen LogP contribution in [0, 0.1) is 0 Å². The van der Waals surface area contributed by atoms with Gasteiger partial charge in [-0.2, -0.15) is 0 Å². The molecule has 0 aromatic rings. The molecule has 4 nitrogen and oxygen atoms in total. The second kappa shape index (κ2) is 6.55. The minimum Gasteiger partial charge on any atom is -0.380 e. The lowest BCUT2D eigenvalue weighted by Gasteiger charge is -2.19. The molecule has 1 atom stereocenters. The van der Waals surface area contributed by atoms with E-state index in [1.54, 1.807) is 0 Å². The van der Waals surface area contributed by atoms with E-state index in [9.17, 15) is 9.67 Å². The molecule has 0 rings (SSSR count). The fraction of sp³-hybridized carbons (Fsp3) is 1.00. The first-order valence-electron chi connectivity index (χ1n) is 4.50. The molecule has 0 aromatic heterocycles. The topological polar surface area (TPSA) is 55.8 Å². The fourth-order valence-electron chi connectivity index (χ4n) is 1.05. The van der Waals surface area contributed by atoms with Crippen LogP contribution in [-0.4, -0.2) is 25.2 Å². The van der Waals surface area contributed by atoms with Crippen molar-refractivity contribution in [1.82, 2.24) is 0 Å². The van der Waals surface area contributed by atoms with E-state index >= 15 is 0 Å². The van der Waals surface area contributed by atoms with Crippen molar-refractivity contribution in [2.45, 2.75) is 38.5 Å². The molecule has 0 bridgehead atoms. The van der Waals surface area contributed by atoms with Crippen LogP contribution in [0.5, 0.6) is 0 Å². The highest BCUT2D eigenvalue weighted by Crippen LogP contribution is 2.51. The molecule has 0 aliphatic heterocycles. The van der Waals surface area contributed by atoms with Gasteiger partial charge >= 0.3 is 7.60 Å². The largest absolute Gasteiger partial charge is 0.380 e. The molecule has 0 heterocycles. The lowest BCUT2D eigenvalue weighted by atomic mass is 10.2. The van der Waals surface area contributed by atoms with E-state index in [1.807, 2.05) is 0 Å². The second-order valence-electron chi connectivity index (χ2n) is 2.88. The first-order chi connectivity index (χ1) is 6.10. The van der Waals surface area contributed by atoms with Crippen LogP contribution in [0.1, 0.15) is 32.6 Å². The summed E-state index contributed by atoms with van der Waals surface area (Å²) in [5.74, 6) is -0.992. The van der Waals surface area contributed by atoms with Crippen LogP contribution in [0.4, 0.5) is 0 Å². The van der Waals surface area contributed by atoms with Gasteiger partial charge < -0.3 is 14.2 Å². The summed E-state index contributed by atoms with van der Waals surface area (Å²) < 4.78 is 20.9. The smallest absolute Gasteiger partial charge is 0.358 e. The number of aliphatic hydroxyl groups excluding tert-OH is 1. The highest BCUT2D eigenvalue weighted by molar-refractivity contribution is 7.54. The third-order valence-corrected chi connectivity index (χ3v) is 3.95. The minimum atomic E-state index is -3.26. The summed E-state index contributed by atoms with van der Waals surface area (Å²) in [6.45, 7) is 2.07. The molecule has 80 valence electrons. The third kappa shape index (κ3) is 4.23. The van der Waals surface area contributed by atoms with Crippen molar-refractivity contribution in [2.75, 3.05) is 14.2 Å². The molecule has 0 fully saturated rings. The van der Waals surface area contributed by atoms with Crippen LogP contribution in [0.25, 0.3) is 0 Å². The predicted molar refractivity (Wildman–Crippen MR) is 51.8 cm³/mol. The Bertz CT molecular complexity index is 164. The molecular weight excluding hydrogens is 191 g/mol. The summed E-state index contributed by atoms with van der Waals surface area (Å²) in [5.41, 5.74) is 0. The molecule has 0 aromatic carbocycles. The van der Waals surface area contributed by atoms with Gasteiger partial charge in [0.2, 0.25) is 0 Å². The Labute approximate surface area is 79.8 Å². The average Bonchev–Trinajstić information content (AvgIpc) is 2.17. The summed E-state index contributed by atoms with van der Waals surface area (Å²) >= 11 is 0. The van der Waals surface area contributed by atoms with E-state index in [1.165, 1.54) is 14.2 Å². The summed E-state index contributed by atoms with van der Waals surface area (Å²) in [4.78, 5) is 0. The zero-order valence-electron chi connectivity index (χ0n) is 8.52. The van der Waals surface area contributed by atoms with Gasteiger partial charge in [0.1, 0.15) is 0 Å². The molecule has 0 aliphatic rings. The summed E-state index contributed by atoms with van der Waals surface area (Å²) in [6.07, 6.45) is 3.39. The molecule has 0 spiro atoms. The van der Waals surface area contributed by atoms with Gasteiger partial charge in [-0.05, 0) is 6.42 Å². The summed E-state index contributed by atoms with van der Waals surface area (Å²) in [6, 6.07) is 0. The van der Waals surface area contributed by atoms with E-state index in [4.69, 9.17) is 0 Å². The van der Waals surface area contributed by atoms with Gasteiger partial charge in [-0.25, -0.2) is 0 Å². The van der Waals surface area contributed by atoms with Gasteiger partial charge in [0, 0.05) is 14.2 Å². The van der Waals surface area contributed by atoms with Crippen molar-refractivity contribution in [3.8, 4) is 0 Å². The Morgan fingerprint density at radius 3 is 2.23 bits per heavy atom. The molecule has 0 saturated carbocycles. The zero-order valence-corrected chi connectivity index (χ0v) is 9.42. The van der Waals surface area contributed by atoms with Crippen LogP contribution in [0.15, 0.2) is 0 Å². The molecular formula is C8H19O4P. The number of hydrogen-bond donors (Lipinski definition) is 1. The van der Waals surface area contributed by atoms with E-state index in [0.29, 0.717) is 6.42 Å². The molecule has 0 amide bonds. The Kier molecular flexibility index (Phi) is 6.60. The van der Waals surface area contributed by atoms with Gasteiger partial charge in [-0.3, -0.25) is 4.57 Å². The van der Waals surface area contributed by atoms with Gasteiger partial charge in [0.25, 0.3) is 0 Å². The maximum absolute atomic E-state index is 11.6. The average molecular weight is 210 g/mol. The van der Waals surface area contributed by atoms with E-state index in [2.05, 4.69) is 16.0 Å². The van der Waals surface area contributed by atoms with Crippen molar-refractivity contribution in [3.05, 3.63) is 0 Å². The van der Waals surface area contributed by atoms with Crippen LogP contribution < -0.4 is 0 Å². The molecule has 1 N–H and O–H groups in total. The maximum atomic E-state index is 11.6. The number of hydrogen-bond acceptors (Lipinski definition) is 4. The van der Waals surface area contributed by atoms with Crippen molar-refractivity contribution in [3.63, 3.8) is 0 Å². The lowest BCUT2D eigenvalue weighted by Crippen LogP contribution is -2.10. The van der Waals surface area contributed by atoms with Crippen LogP contribution in [0.2, 0.25) is 0 Å². The SMILES string of the molecule is CCCCC[C@H](O)P(=O)(OC)OC. The van der Waals surface area contributed by atoms with Crippen LogP contribution in [0.3, 0.4) is 0 Å². The highest BCUT2D eigenvalue weighted by atomic mass is 31.2. The fourth-order valence-corrected chi connectivity index (χ4v) is 2.19. The first kappa shape index (κ1) is 13.1. The molecule has 0 unspecified atom stereocenters. The Morgan fingerprint density at radius 1 is 1.31 bits per heavy atom. The van der Waals surface area contributed by atoms with Crippen molar-refractivity contribution in [1.29, 1.82) is 0 Å². The summed E-state index contributed by atoms with van der Waals surface area (Å²) in [5, 5.41) is 9.48. The Balaban J connectivity index is 3.92. The van der Waals surface area contributed by atoms with Crippen LogP contribution >= 0.6 is 7.60 Å². The van der Waals surface area contributed by atoms with Crippen molar-refractivity contribution in [2.24, 2.45) is 0 Å². The monoisotopic (exact) mass is 210 g/mol. The van der Waals surface area contributed by atoms with Crippen molar-refractivity contribution < 1.29 is 18.7 Å². The zero-order chi connectivity index (χ0) is 10.3. The Hall–Kier alpha value is 0.110. The summed E-state index contributed by atoms with van der Waals surface area (Å²) in [7, 11) is -0.687. The molecule has 5 heteroatoms. The van der Waals surface area contributed by atoms with E-state index in [-0.39, 0.29) is 0 Å².